The van der Waals surface area contributed by atoms with Gasteiger partial charge in [-0.1, -0.05) is 25.1 Å². The molecule has 0 radical (unpaired) electrons. The number of methoxy groups -OCH3 is 1. The van der Waals surface area contributed by atoms with E-state index in [1.165, 1.54) is 5.69 Å². The van der Waals surface area contributed by atoms with Crippen LogP contribution in [-0.4, -0.2) is 21.9 Å². The fraction of sp³-hybridized carbons (Fsp3) is 0.250. The van der Waals surface area contributed by atoms with Crippen molar-refractivity contribution in [1.29, 1.82) is 0 Å². The van der Waals surface area contributed by atoms with Crippen molar-refractivity contribution in [3.63, 3.8) is 0 Å². The van der Waals surface area contributed by atoms with Crippen LogP contribution in [0.4, 0.5) is 0 Å². The molecule has 0 fully saturated rings. The first kappa shape index (κ1) is 20.3. The van der Waals surface area contributed by atoms with Crippen molar-refractivity contribution in [3.8, 4) is 11.5 Å². The van der Waals surface area contributed by atoms with Gasteiger partial charge in [0.2, 0.25) is 0 Å². The highest BCUT2D eigenvalue weighted by Gasteiger charge is 2.10. The van der Waals surface area contributed by atoms with Crippen LogP contribution in [0.1, 0.15) is 23.9 Å². The molecule has 0 amide bonds. The number of thioether (sulfide) groups is 1. The van der Waals surface area contributed by atoms with Crippen molar-refractivity contribution < 1.29 is 9.47 Å². The number of pyridine rings is 1. The van der Waals surface area contributed by atoms with Crippen LogP contribution in [0.3, 0.4) is 0 Å². The third-order valence-corrected chi connectivity index (χ3v) is 5.98. The van der Waals surface area contributed by atoms with E-state index in [-0.39, 0.29) is 0 Å². The normalized spacial score (nSPS) is 11.0. The second kappa shape index (κ2) is 9.22. The summed E-state index contributed by atoms with van der Waals surface area (Å²) in [5, 5.41) is 5.62. The molecular formula is C24H25N3O2S. The second-order valence-electron chi connectivity index (χ2n) is 7.03. The molecule has 4 rings (SSSR count). The van der Waals surface area contributed by atoms with Crippen molar-refractivity contribution >= 4 is 22.7 Å². The monoisotopic (exact) mass is 419 g/mol. The largest absolute Gasteiger partial charge is 0.497 e. The molecule has 0 aliphatic carbocycles. The Morgan fingerprint density at radius 2 is 1.90 bits per heavy atom. The highest BCUT2D eigenvalue weighted by atomic mass is 32.2. The quantitative estimate of drug-likeness (QED) is 0.357. The van der Waals surface area contributed by atoms with Crippen LogP contribution in [0.2, 0.25) is 0 Å². The van der Waals surface area contributed by atoms with Gasteiger partial charge < -0.3 is 9.47 Å². The number of hydrogen-bond donors (Lipinski definition) is 0. The summed E-state index contributed by atoms with van der Waals surface area (Å²) in [4.78, 5) is 5.69. The van der Waals surface area contributed by atoms with Gasteiger partial charge in [0.05, 0.1) is 12.8 Å². The van der Waals surface area contributed by atoms with Crippen molar-refractivity contribution in [2.24, 2.45) is 7.05 Å². The lowest BCUT2D eigenvalue weighted by molar-refractivity contribution is 0.308. The van der Waals surface area contributed by atoms with Crippen molar-refractivity contribution in [2.75, 3.05) is 7.11 Å². The van der Waals surface area contributed by atoms with Crippen molar-refractivity contribution in [3.05, 3.63) is 77.7 Å². The highest BCUT2D eigenvalue weighted by molar-refractivity contribution is 7.98. The maximum Gasteiger partial charge on any atom is 0.147 e. The Hall–Kier alpha value is -2.99. The van der Waals surface area contributed by atoms with Crippen LogP contribution < -0.4 is 9.47 Å². The first-order chi connectivity index (χ1) is 14.7. The summed E-state index contributed by atoms with van der Waals surface area (Å²) in [6, 6.07) is 18.4. The molecular weight excluding hydrogens is 394 g/mol. The molecule has 6 heteroatoms. The molecule has 0 bridgehead atoms. The topological polar surface area (TPSA) is 49.2 Å². The Bertz CT molecular complexity index is 1140. The zero-order valence-corrected chi connectivity index (χ0v) is 18.3. The lowest BCUT2D eigenvalue weighted by Crippen LogP contribution is -1.98. The molecule has 4 aromatic rings. The van der Waals surface area contributed by atoms with E-state index in [2.05, 4.69) is 41.3 Å². The molecule has 0 unspecified atom stereocenters. The second-order valence-corrected chi connectivity index (χ2v) is 8.07. The molecule has 2 heterocycles. The number of rotatable bonds is 8. The van der Waals surface area contributed by atoms with Gasteiger partial charge in [-0.15, -0.1) is 11.8 Å². The van der Waals surface area contributed by atoms with Crippen molar-refractivity contribution in [1.82, 2.24) is 14.8 Å². The molecule has 0 atom stereocenters. The first-order valence-corrected chi connectivity index (χ1v) is 10.9. The Morgan fingerprint density at radius 1 is 1.07 bits per heavy atom. The van der Waals surface area contributed by atoms with E-state index in [1.807, 2.05) is 42.1 Å². The van der Waals surface area contributed by atoms with Gasteiger partial charge in [-0.05, 0) is 48.4 Å². The summed E-state index contributed by atoms with van der Waals surface area (Å²) in [5.74, 6) is 2.49. The molecule has 5 nitrogen and oxygen atoms in total. The van der Waals surface area contributed by atoms with E-state index in [0.717, 1.165) is 50.7 Å². The Balaban J connectivity index is 1.54. The number of benzene rings is 2. The van der Waals surface area contributed by atoms with Gasteiger partial charge in [-0.25, -0.2) is 0 Å². The third-order valence-electron chi connectivity index (χ3n) is 4.97. The first-order valence-electron chi connectivity index (χ1n) is 9.95. The standard InChI is InChI=1S/C24H25N3O2S/c1-4-19-13-20(27(2)26-19)16-30-22-12-18-6-5-11-25-24(18)23(14-22)29-15-17-7-9-21(28-3)10-8-17/h5-14H,4,15-16H2,1-3H3. The Labute approximate surface area is 181 Å². The molecule has 0 aliphatic rings. The number of hydrogen-bond acceptors (Lipinski definition) is 5. The van der Waals surface area contributed by atoms with Crippen LogP contribution in [0.5, 0.6) is 11.5 Å². The SMILES string of the molecule is CCc1cc(CSc2cc(OCc3ccc(OC)cc3)c3ncccc3c2)n(C)n1. The Morgan fingerprint density at radius 3 is 2.63 bits per heavy atom. The molecule has 0 saturated carbocycles. The van der Waals surface area contributed by atoms with Crippen LogP contribution in [0.25, 0.3) is 10.9 Å². The number of nitrogens with zero attached hydrogens (tertiary/aromatic N) is 3. The van der Waals surface area contributed by atoms with Gasteiger partial charge in [0.1, 0.15) is 23.6 Å². The summed E-state index contributed by atoms with van der Waals surface area (Å²) in [5.41, 5.74) is 4.30. The average Bonchev–Trinajstić information content (AvgIpc) is 3.16. The van der Waals surface area contributed by atoms with E-state index in [9.17, 15) is 0 Å². The molecule has 2 aromatic heterocycles. The van der Waals surface area contributed by atoms with Crippen LogP contribution in [0.15, 0.2) is 65.7 Å². The average molecular weight is 420 g/mol. The summed E-state index contributed by atoms with van der Waals surface area (Å²) in [6.45, 7) is 2.60. The third kappa shape index (κ3) is 4.60. The predicted octanol–water partition coefficient (Wildman–Crippen LogP) is 5.41. The maximum absolute atomic E-state index is 6.18. The van der Waals surface area contributed by atoms with Crippen LogP contribution in [0, 0.1) is 0 Å². The lowest BCUT2D eigenvalue weighted by atomic mass is 10.2. The summed E-state index contributed by atoms with van der Waals surface area (Å²) in [6.07, 6.45) is 2.75. The number of ether oxygens (including phenoxy) is 2. The van der Waals surface area contributed by atoms with Gasteiger partial charge in [-0.3, -0.25) is 9.67 Å². The van der Waals surface area contributed by atoms with Crippen molar-refractivity contribution in [2.45, 2.75) is 30.6 Å². The van der Waals surface area contributed by atoms with Crippen LogP contribution >= 0.6 is 11.8 Å². The summed E-state index contributed by atoms with van der Waals surface area (Å²) >= 11 is 1.78. The minimum atomic E-state index is 0.478. The molecule has 0 N–H and O–H groups in total. The highest BCUT2D eigenvalue weighted by Crippen LogP contribution is 2.33. The van der Waals surface area contributed by atoms with Gasteiger partial charge in [0, 0.05) is 35.0 Å². The minimum Gasteiger partial charge on any atom is -0.497 e. The zero-order chi connectivity index (χ0) is 20.9. The van der Waals surface area contributed by atoms with Gasteiger partial charge in [0.25, 0.3) is 0 Å². The molecule has 30 heavy (non-hydrogen) atoms. The fourth-order valence-corrected chi connectivity index (χ4v) is 4.23. The van der Waals surface area contributed by atoms with Crippen LogP contribution in [-0.2, 0) is 25.8 Å². The van der Waals surface area contributed by atoms with E-state index < -0.39 is 0 Å². The van der Waals surface area contributed by atoms with E-state index >= 15 is 0 Å². The zero-order valence-electron chi connectivity index (χ0n) is 17.5. The minimum absolute atomic E-state index is 0.478. The molecule has 0 aliphatic heterocycles. The molecule has 2 aromatic carbocycles. The van der Waals surface area contributed by atoms with E-state index in [0.29, 0.717) is 6.61 Å². The van der Waals surface area contributed by atoms with E-state index in [1.54, 1.807) is 25.1 Å². The summed E-state index contributed by atoms with van der Waals surface area (Å²) in [7, 11) is 3.67. The van der Waals surface area contributed by atoms with Gasteiger partial charge in [-0.2, -0.15) is 5.10 Å². The van der Waals surface area contributed by atoms with E-state index in [4.69, 9.17) is 9.47 Å². The predicted molar refractivity (Wildman–Crippen MR) is 121 cm³/mol. The molecule has 0 saturated heterocycles. The molecule has 154 valence electrons. The van der Waals surface area contributed by atoms with Gasteiger partial charge >= 0.3 is 0 Å². The lowest BCUT2D eigenvalue weighted by Gasteiger charge is -2.12. The summed E-state index contributed by atoms with van der Waals surface area (Å²) < 4.78 is 13.4. The fourth-order valence-electron chi connectivity index (χ4n) is 3.25. The number of aryl methyl sites for hydroxylation is 2. The van der Waals surface area contributed by atoms with Gasteiger partial charge in [0.15, 0.2) is 0 Å². The maximum atomic E-state index is 6.18. The molecule has 0 spiro atoms. The number of fused-ring (bicyclic) bond motifs is 1. The number of aromatic nitrogens is 3. The Kier molecular flexibility index (Phi) is 6.23. The smallest absolute Gasteiger partial charge is 0.147 e.